The third-order valence-corrected chi connectivity index (χ3v) is 4.04. The Balaban J connectivity index is 1.70. The van der Waals surface area contributed by atoms with E-state index in [9.17, 15) is 0 Å². The highest BCUT2D eigenvalue weighted by atomic mass is 16.5. The predicted molar refractivity (Wildman–Crippen MR) is 77.5 cm³/mol. The molecule has 110 valence electrons. The number of hydrogen-bond acceptors (Lipinski definition) is 4. The van der Waals surface area contributed by atoms with E-state index in [2.05, 4.69) is 24.4 Å². The Kier molecular flexibility index (Phi) is 4.13. The van der Waals surface area contributed by atoms with Gasteiger partial charge in [0.1, 0.15) is 17.6 Å². The smallest absolute Gasteiger partial charge is 0.123 e. The molecule has 4 heteroatoms. The van der Waals surface area contributed by atoms with Crippen LogP contribution in [-0.4, -0.2) is 32.5 Å². The topological polar surface area (TPSA) is 39.7 Å². The van der Waals surface area contributed by atoms with Crippen molar-refractivity contribution in [2.45, 2.75) is 44.9 Å². The third-order valence-electron chi connectivity index (χ3n) is 4.04. The number of nitrogens with one attached hydrogen (secondary N) is 1. The lowest BCUT2D eigenvalue weighted by atomic mass is 10.1. The maximum absolute atomic E-state index is 5.83. The van der Waals surface area contributed by atoms with Gasteiger partial charge >= 0.3 is 0 Å². The summed E-state index contributed by atoms with van der Waals surface area (Å²) in [5.41, 5.74) is 2.41. The molecule has 0 aromatic heterocycles. The normalized spacial score (nSPS) is 25.1. The van der Waals surface area contributed by atoms with Crippen molar-refractivity contribution >= 4 is 0 Å². The molecular formula is C16H23NO3. The number of ether oxygens (including phenoxy) is 3. The molecule has 0 radical (unpaired) electrons. The summed E-state index contributed by atoms with van der Waals surface area (Å²) in [4.78, 5) is 0. The first-order chi connectivity index (χ1) is 9.76. The number of hydrogen-bond donors (Lipinski definition) is 1. The second-order valence-corrected chi connectivity index (χ2v) is 5.70. The fourth-order valence-corrected chi connectivity index (χ4v) is 2.97. The van der Waals surface area contributed by atoms with E-state index in [1.807, 2.05) is 0 Å². The van der Waals surface area contributed by atoms with Crippen molar-refractivity contribution in [3.63, 3.8) is 0 Å². The van der Waals surface area contributed by atoms with Gasteiger partial charge in [-0.15, -0.1) is 0 Å². The Morgan fingerprint density at radius 1 is 1.40 bits per heavy atom. The quantitative estimate of drug-likeness (QED) is 0.916. The second kappa shape index (κ2) is 6.02. The van der Waals surface area contributed by atoms with Gasteiger partial charge in [0, 0.05) is 36.7 Å². The zero-order valence-corrected chi connectivity index (χ0v) is 12.3. The first-order valence-corrected chi connectivity index (χ1v) is 7.44. The molecule has 2 atom stereocenters. The van der Waals surface area contributed by atoms with Gasteiger partial charge in [-0.25, -0.2) is 0 Å². The second-order valence-electron chi connectivity index (χ2n) is 5.70. The monoisotopic (exact) mass is 277 g/mol. The SMILES string of the molecule is COc1cc2c(cc1CNC1CCCOC1)OC(C)C2. The van der Waals surface area contributed by atoms with Crippen LogP contribution >= 0.6 is 0 Å². The first kappa shape index (κ1) is 13.7. The fraction of sp³-hybridized carbons (Fsp3) is 0.625. The number of fused-ring (bicyclic) bond motifs is 1. The Labute approximate surface area is 120 Å². The molecule has 0 amide bonds. The van der Waals surface area contributed by atoms with Crippen LogP contribution in [0, 0.1) is 0 Å². The van der Waals surface area contributed by atoms with Gasteiger partial charge in [-0.1, -0.05) is 0 Å². The summed E-state index contributed by atoms with van der Waals surface area (Å²) in [5, 5.41) is 3.55. The maximum atomic E-state index is 5.83. The Morgan fingerprint density at radius 2 is 2.30 bits per heavy atom. The molecule has 1 fully saturated rings. The van der Waals surface area contributed by atoms with Crippen LogP contribution in [0.3, 0.4) is 0 Å². The largest absolute Gasteiger partial charge is 0.496 e. The average molecular weight is 277 g/mol. The van der Waals surface area contributed by atoms with Crippen molar-refractivity contribution in [3.8, 4) is 11.5 Å². The predicted octanol–water partition coefficient (Wildman–Crippen LogP) is 2.29. The van der Waals surface area contributed by atoms with Crippen molar-refractivity contribution in [1.82, 2.24) is 5.32 Å². The van der Waals surface area contributed by atoms with Gasteiger partial charge in [-0.3, -0.25) is 0 Å². The van der Waals surface area contributed by atoms with E-state index >= 15 is 0 Å². The van der Waals surface area contributed by atoms with Crippen LogP contribution < -0.4 is 14.8 Å². The molecule has 1 N–H and O–H groups in total. The fourth-order valence-electron chi connectivity index (χ4n) is 2.97. The maximum Gasteiger partial charge on any atom is 0.123 e. The van der Waals surface area contributed by atoms with Crippen molar-refractivity contribution in [2.75, 3.05) is 20.3 Å². The van der Waals surface area contributed by atoms with Gasteiger partial charge in [0.15, 0.2) is 0 Å². The molecule has 20 heavy (non-hydrogen) atoms. The van der Waals surface area contributed by atoms with Crippen molar-refractivity contribution < 1.29 is 14.2 Å². The van der Waals surface area contributed by atoms with Gasteiger partial charge in [0.2, 0.25) is 0 Å². The molecule has 1 aromatic carbocycles. The molecule has 1 aromatic rings. The standard InChI is InChI=1S/C16H23NO3/c1-11-6-12-7-15(18-2)13(8-16(12)20-11)9-17-14-4-3-5-19-10-14/h7-8,11,14,17H,3-6,9-10H2,1-2H3. The van der Waals surface area contributed by atoms with Crippen molar-refractivity contribution in [1.29, 1.82) is 0 Å². The molecule has 0 aliphatic carbocycles. The lowest BCUT2D eigenvalue weighted by Crippen LogP contribution is -2.36. The lowest BCUT2D eigenvalue weighted by Gasteiger charge is -2.23. The minimum atomic E-state index is 0.268. The van der Waals surface area contributed by atoms with Crippen molar-refractivity contribution in [2.24, 2.45) is 0 Å². The lowest BCUT2D eigenvalue weighted by molar-refractivity contribution is 0.0698. The van der Waals surface area contributed by atoms with E-state index in [1.165, 1.54) is 12.0 Å². The Morgan fingerprint density at radius 3 is 3.05 bits per heavy atom. The Bertz CT molecular complexity index is 469. The van der Waals surface area contributed by atoms with Crippen LogP contribution in [-0.2, 0) is 17.7 Å². The molecule has 2 aliphatic heterocycles. The number of methoxy groups -OCH3 is 1. The van der Waals surface area contributed by atoms with Crippen LogP contribution in [0.5, 0.6) is 11.5 Å². The zero-order valence-electron chi connectivity index (χ0n) is 12.3. The summed E-state index contributed by atoms with van der Waals surface area (Å²) in [7, 11) is 1.73. The highest BCUT2D eigenvalue weighted by molar-refractivity contribution is 5.48. The summed E-state index contributed by atoms with van der Waals surface area (Å²) in [6, 6.07) is 4.68. The van der Waals surface area contributed by atoms with Gasteiger partial charge in [0.05, 0.1) is 13.7 Å². The van der Waals surface area contributed by atoms with E-state index in [4.69, 9.17) is 14.2 Å². The molecule has 0 bridgehead atoms. The van der Waals surface area contributed by atoms with E-state index in [1.54, 1.807) is 7.11 Å². The highest BCUT2D eigenvalue weighted by Crippen LogP contribution is 2.35. The first-order valence-electron chi connectivity index (χ1n) is 7.44. The summed E-state index contributed by atoms with van der Waals surface area (Å²) in [6.45, 7) is 4.60. The van der Waals surface area contributed by atoms with Gasteiger partial charge in [-0.05, 0) is 31.9 Å². The van der Waals surface area contributed by atoms with Crippen LogP contribution in [0.4, 0.5) is 0 Å². The minimum Gasteiger partial charge on any atom is -0.496 e. The summed E-state index contributed by atoms with van der Waals surface area (Å²) >= 11 is 0. The van der Waals surface area contributed by atoms with E-state index in [-0.39, 0.29) is 6.10 Å². The minimum absolute atomic E-state index is 0.268. The molecule has 0 spiro atoms. The van der Waals surface area contributed by atoms with Crippen LogP contribution in [0.2, 0.25) is 0 Å². The third kappa shape index (κ3) is 2.91. The van der Waals surface area contributed by atoms with E-state index in [0.29, 0.717) is 6.04 Å². The molecule has 4 nitrogen and oxygen atoms in total. The molecule has 3 rings (SSSR count). The van der Waals surface area contributed by atoms with E-state index < -0.39 is 0 Å². The van der Waals surface area contributed by atoms with E-state index in [0.717, 1.165) is 49.7 Å². The van der Waals surface area contributed by atoms with Crippen LogP contribution in [0.15, 0.2) is 12.1 Å². The summed E-state index contributed by atoms with van der Waals surface area (Å²) in [5.74, 6) is 1.96. The van der Waals surface area contributed by atoms with Crippen LogP contribution in [0.1, 0.15) is 30.9 Å². The molecular weight excluding hydrogens is 254 g/mol. The molecule has 2 aliphatic rings. The Hall–Kier alpha value is -1.26. The molecule has 2 unspecified atom stereocenters. The highest BCUT2D eigenvalue weighted by Gasteiger charge is 2.22. The van der Waals surface area contributed by atoms with Gasteiger partial charge < -0.3 is 19.5 Å². The number of benzene rings is 1. The van der Waals surface area contributed by atoms with Gasteiger partial charge in [0.25, 0.3) is 0 Å². The molecule has 1 saturated heterocycles. The zero-order chi connectivity index (χ0) is 13.9. The molecule has 2 heterocycles. The number of rotatable bonds is 4. The van der Waals surface area contributed by atoms with Crippen LogP contribution in [0.25, 0.3) is 0 Å². The molecule has 0 saturated carbocycles. The summed E-state index contributed by atoms with van der Waals surface area (Å²) in [6.07, 6.45) is 3.56. The average Bonchev–Trinajstić information content (AvgIpc) is 2.84. The summed E-state index contributed by atoms with van der Waals surface area (Å²) < 4.78 is 16.8. The van der Waals surface area contributed by atoms with Gasteiger partial charge in [-0.2, -0.15) is 0 Å². The van der Waals surface area contributed by atoms with Crippen molar-refractivity contribution in [3.05, 3.63) is 23.3 Å².